The summed E-state index contributed by atoms with van der Waals surface area (Å²) in [5, 5.41) is 2.86. The minimum atomic E-state index is -3.08. The van der Waals surface area contributed by atoms with Gasteiger partial charge in [0, 0.05) is 18.4 Å². The highest BCUT2D eigenvalue weighted by Gasteiger charge is 2.11. The van der Waals surface area contributed by atoms with Crippen LogP contribution in [0.2, 0.25) is 0 Å². The van der Waals surface area contributed by atoms with Gasteiger partial charge in [0.05, 0.1) is 5.75 Å². The molecule has 0 bridgehead atoms. The number of rotatable bonds is 7. The van der Waals surface area contributed by atoms with Crippen molar-refractivity contribution in [2.75, 3.05) is 11.6 Å². The second-order valence-corrected chi connectivity index (χ2v) is 7.31. The monoisotopic (exact) mass is 297 g/mol. The lowest BCUT2D eigenvalue weighted by molar-refractivity contribution is -0.116. The van der Waals surface area contributed by atoms with Gasteiger partial charge in [-0.15, -0.1) is 0 Å². The molecule has 1 amide bonds. The zero-order valence-electron chi connectivity index (χ0n) is 12.4. The van der Waals surface area contributed by atoms with Crippen LogP contribution in [-0.2, 0) is 20.4 Å². The topological polar surface area (TPSA) is 63.2 Å². The third kappa shape index (κ3) is 5.74. The molecule has 5 heteroatoms. The van der Waals surface area contributed by atoms with E-state index in [0.29, 0.717) is 12.1 Å². The fourth-order valence-electron chi connectivity index (χ4n) is 2.01. The molecule has 0 atom stereocenters. The van der Waals surface area contributed by atoms with Gasteiger partial charge in [0.15, 0.2) is 9.84 Å². The van der Waals surface area contributed by atoms with Crippen LogP contribution < -0.4 is 5.32 Å². The number of amides is 1. The number of hydrogen-bond donors (Lipinski definition) is 1. The Labute approximate surface area is 121 Å². The molecular weight excluding hydrogens is 274 g/mol. The van der Waals surface area contributed by atoms with Crippen molar-refractivity contribution in [1.82, 2.24) is 0 Å². The highest BCUT2D eigenvalue weighted by Crippen LogP contribution is 2.21. The fraction of sp³-hybridized carbons (Fsp3) is 0.533. The third-order valence-corrected chi connectivity index (χ3v) is 3.98. The van der Waals surface area contributed by atoms with E-state index in [-0.39, 0.29) is 11.7 Å². The third-order valence-electron chi connectivity index (χ3n) is 3.15. The summed E-state index contributed by atoms with van der Waals surface area (Å²) in [7, 11) is -3.08. The van der Waals surface area contributed by atoms with Gasteiger partial charge in [-0.05, 0) is 30.5 Å². The first-order chi connectivity index (χ1) is 9.33. The van der Waals surface area contributed by atoms with Crippen molar-refractivity contribution >= 4 is 21.4 Å². The van der Waals surface area contributed by atoms with Crippen LogP contribution in [0.3, 0.4) is 0 Å². The van der Waals surface area contributed by atoms with E-state index < -0.39 is 9.84 Å². The van der Waals surface area contributed by atoms with Crippen LogP contribution >= 0.6 is 0 Å². The minimum absolute atomic E-state index is 0.00161. The molecule has 112 valence electrons. The van der Waals surface area contributed by atoms with E-state index in [0.717, 1.165) is 30.4 Å². The van der Waals surface area contributed by atoms with E-state index in [1.807, 2.05) is 6.92 Å². The first-order valence-corrected chi connectivity index (χ1v) is 8.95. The summed E-state index contributed by atoms with van der Waals surface area (Å²) in [5.41, 5.74) is 2.26. The Bertz CT molecular complexity index is 564. The lowest BCUT2D eigenvalue weighted by Crippen LogP contribution is -2.13. The lowest BCUT2D eigenvalue weighted by atomic mass is 10.1. The number of carbonyl (C=O) groups is 1. The number of sulfone groups is 1. The molecule has 20 heavy (non-hydrogen) atoms. The standard InChI is InChI=1S/C15H23NO3S/c1-4-5-6-10-15(17)16-14-9-7-8-13(12(14)2)11-20(3,18)19/h7-9H,4-6,10-11H2,1-3H3,(H,16,17). The van der Waals surface area contributed by atoms with E-state index in [2.05, 4.69) is 12.2 Å². The fourth-order valence-corrected chi connectivity index (χ4v) is 2.88. The number of unbranched alkanes of at least 4 members (excludes halogenated alkanes) is 2. The van der Waals surface area contributed by atoms with Gasteiger partial charge in [0.1, 0.15) is 0 Å². The normalized spacial score (nSPS) is 11.3. The first kappa shape index (κ1) is 16.7. The molecule has 0 aliphatic rings. The number of anilines is 1. The Morgan fingerprint density at radius 3 is 2.55 bits per heavy atom. The highest BCUT2D eigenvalue weighted by molar-refractivity contribution is 7.89. The van der Waals surface area contributed by atoms with Crippen molar-refractivity contribution in [3.8, 4) is 0 Å². The molecular formula is C15H23NO3S. The van der Waals surface area contributed by atoms with Crippen LogP contribution in [0, 0.1) is 6.92 Å². The Morgan fingerprint density at radius 2 is 1.95 bits per heavy atom. The zero-order valence-corrected chi connectivity index (χ0v) is 13.2. The Hall–Kier alpha value is -1.36. The van der Waals surface area contributed by atoms with Crippen molar-refractivity contribution in [2.24, 2.45) is 0 Å². The van der Waals surface area contributed by atoms with Gasteiger partial charge in [-0.1, -0.05) is 31.9 Å². The van der Waals surface area contributed by atoms with Crippen molar-refractivity contribution in [1.29, 1.82) is 0 Å². The molecule has 0 unspecified atom stereocenters. The summed E-state index contributed by atoms with van der Waals surface area (Å²) in [6, 6.07) is 5.36. The first-order valence-electron chi connectivity index (χ1n) is 6.89. The summed E-state index contributed by atoms with van der Waals surface area (Å²) in [5.74, 6) is -0.0173. The van der Waals surface area contributed by atoms with E-state index in [1.165, 1.54) is 6.26 Å². The quantitative estimate of drug-likeness (QED) is 0.787. The molecule has 0 fully saturated rings. The predicted octanol–water partition coefficient (Wildman–Crippen LogP) is 3.06. The number of benzene rings is 1. The van der Waals surface area contributed by atoms with Crippen LogP contribution in [0.4, 0.5) is 5.69 Å². The van der Waals surface area contributed by atoms with Gasteiger partial charge in [-0.3, -0.25) is 4.79 Å². The minimum Gasteiger partial charge on any atom is -0.326 e. The zero-order chi connectivity index (χ0) is 15.2. The highest BCUT2D eigenvalue weighted by atomic mass is 32.2. The van der Waals surface area contributed by atoms with Gasteiger partial charge in [-0.25, -0.2) is 8.42 Å². The van der Waals surface area contributed by atoms with Crippen LogP contribution in [0.15, 0.2) is 18.2 Å². The molecule has 1 aromatic carbocycles. The molecule has 4 nitrogen and oxygen atoms in total. The predicted molar refractivity (Wildman–Crippen MR) is 82.5 cm³/mol. The van der Waals surface area contributed by atoms with Crippen LogP contribution in [0.25, 0.3) is 0 Å². The molecule has 0 saturated heterocycles. The summed E-state index contributed by atoms with van der Waals surface area (Å²) in [4.78, 5) is 11.8. The average Bonchev–Trinajstić information content (AvgIpc) is 2.33. The van der Waals surface area contributed by atoms with Gasteiger partial charge in [-0.2, -0.15) is 0 Å². The van der Waals surface area contributed by atoms with Crippen molar-refractivity contribution in [3.63, 3.8) is 0 Å². The van der Waals surface area contributed by atoms with Crippen LogP contribution in [-0.4, -0.2) is 20.6 Å². The lowest BCUT2D eigenvalue weighted by Gasteiger charge is -2.12. The molecule has 1 N–H and O–H groups in total. The summed E-state index contributed by atoms with van der Waals surface area (Å²) < 4.78 is 22.7. The SMILES string of the molecule is CCCCCC(=O)Nc1cccc(CS(C)(=O)=O)c1C. The molecule has 0 aromatic heterocycles. The Kier molecular flexibility index (Phi) is 6.20. The van der Waals surface area contributed by atoms with Gasteiger partial charge in [0.2, 0.25) is 5.91 Å². The van der Waals surface area contributed by atoms with E-state index in [1.54, 1.807) is 18.2 Å². The number of hydrogen-bond acceptors (Lipinski definition) is 3. The molecule has 0 radical (unpaired) electrons. The second kappa shape index (κ2) is 7.43. The van der Waals surface area contributed by atoms with Crippen LogP contribution in [0.1, 0.15) is 43.7 Å². The average molecular weight is 297 g/mol. The smallest absolute Gasteiger partial charge is 0.224 e. The maximum absolute atomic E-state index is 11.8. The van der Waals surface area contributed by atoms with Crippen molar-refractivity contribution < 1.29 is 13.2 Å². The van der Waals surface area contributed by atoms with Crippen LogP contribution in [0.5, 0.6) is 0 Å². The van der Waals surface area contributed by atoms with Gasteiger partial charge < -0.3 is 5.32 Å². The molecule has 0 aliphatic carbocycles. The molecule has 0 spiro atoms. The summed E-state index contributed by atoms with van der Waals surface area (Å²) in [6.07, 6.45) is 4.72. The Morgan fingerprint density at radius 1 is 1.25 bits per heavy atom. The Balaban J connectivity index is 2.76. The van der Waals surface area contributed by atoms with Crippen molar-refractivity contribution in [2.45, 2.75) is 45.3 Å². The molecule has 1 rings (SSSR count). The molecule has 0 aliphatic heterocycles. The van der Waals surface area contributed by atoms with Gasteiger partial charge in [0.25, 0.3) is 0 Å². The maximum atomic E-state index is 11.8. The van der Waals surface area contributed by atoms with E-state index in [9.17, 15) is 13.2 Å². The largest absolute Gasteiger partial charge is 0.326 e. The second-order valence-electron chi connectivity index (χ2n) is 5.17. The van der Waals surface area contributed by atoms with Gasteiger partial charge >= 0.3 is 0 Å². The van der Waals surface area contributed by atoms with E-state index >= 15 is 0 Å². The van der Waals surface area contributed by atoms with E-state index in [4.69, 9.17) is 0 Å². The maximum Gasteiger partial charge on any atom is 0.224 e. The number of nitrogens with one attached hydrogen (secondary N) is 1. The molecule has 0 saturated carbocycles. The molecule has 1 aromatic rings. The molecule has 0 heterocycles. The number of carbonyl (C=O) groups excluding carboxylic acids is 1. The summed E-state index contributed by atoms with van der Waals surface area (Å²) in [6.45, 7) is 3.93. The summed E-state index contributed by atoms with van der Waals surface area (Å²) >= 11 is 0. The van der Waals surface area contributed by atoms with Crippen molar-refractivity contribution in [3.05, 3.63) is 29.3 Å².